The van der Waals surface area contributed by atoms with Crippen molar-refractivity contribution in [2.24, 2.45) is 11.3 Å². The molecule has 0 saturated carbocycles. The Hall–Kier alpha value is -0.0800. The number of aliphatic hydroxyl groups excluding tert-OH is 2. The number of rotatable bonds is 7. The van der Waals surface area contributed by atoms with E-state index in [1.54, 1.807) is 0 Å². The molecule has 0 heterocycles. The first kappa shape index (κ1) is 20.2. The van der Waals surface area contributed by atoms with E-state index < -0.39 is 0 Å². The molecule has 0 amide bonds. The van der Waals surface area contributed by atoms with Gasteiger partial charge < -0.3 is 10.2 Å². The van der Waals surface area contributed by atoms with Gasteiger partial charge in [0.1, 0.15) is 0 Å². The SMILES string of the molecule is CCCC(O)C(C)(C)C.CCCCC(CC)CO. The van der Waals surface area contributed by atoms with Gasteiger partial charge >= 0.3 is 0 Å². The monoisotopic (exact) mass is 260 g/mol. The molecule has 0 rings (SSSR count). The van der Waals surface area contributed by atoms with E-state index in [-0.39, 0.29) is 11.5 Å². The number of hydrogen-bond donors (Lipinski definition) is 2. The summed E-state index contributed by atoms with van der Waals surface area (Å²) in [5.74, 6) is 0.560. The molecular weight excluding hydrogens is 224 g/mol. The zero-order valence-corrected chi connectivity index (χ0v) is 13.5. The molecule has 2 heteroatoms. The maximum atomic E-state index is 9.39. The average molecular weight is 260 g/mol. The van der Waals surface area contributed by atoms with Gasteiger partial charge in [-0.25, -0.2) is 0 Å². The van der Waals surface area contributed by atoms with Crippen LogP contribution in [-0.4, -0.2) is 22.9 Å². The van der Waals surface area contributed by atoms with Crippen LogP contribution < -0.4 is 0 Å². The van der Waals surface area contributed by atoms with Gasteiger partial charge in [-0.1, -0.05) is 67.2 Å². The fourth-order valence-corrected chi connectivity index (χ4v) is 1.62. The Labute approximate surface area is 115 Å². The predicted molar refractivity (Wildman–Crippen MR) is 80.8 cm³/mol. The van der Waals surface area contributed by atoms with Crippen molar-refractivity contribution in [3.05, 3.63) is 0 Å². The van der Waals surface area contributed by atoms with Crippen molar-refractivity contribution in [3.63, 3.8) is 0 Å². The molecule has 2 unspecified atom stereocenters. The fourth-order valence-electron chi connectivity index (χ4n) is 1.62. The molecule has 0 aromatic heterocycles. The Morgan fingerprint density at radius 1 is 0.944 bits per heavy atom. The molecule has 0 bridgehead atoms. The van der Waals surface area contributed by atoms with Crippen molar-refractivity contribution in [2.75, 3.05) is 6.61 Å². The molecule has 18 heavy (non-hydrogen) atoms. The highest BCUT2D eigenvalue weighted by atomic mass is 16.3. The average Bonchev–Trinajstić information content (AvgIpc) is 2.30. The summed E-state index contributed by atoms with van der Waals surface area (Å²) in [7, 11) is 0. The van der Waals surface area contributed by atoms with E-state index in [1.165, 1.54) is 19.3 Å². The molecule has 2 atom stereocenters. The lowest BCUT2D eigenvalue weighted by Gasteiger charge is -2.25. The molecule has 0 aliphatic rings. The van der Waals surface area contributed by atoms with Crippen LogP contribution in [0.25, 0.3) is 0 Å². The van der Waals surface area contributed by atoms with Crippen molar-refractivity contribution in [1.29, 1.82) is 0 Å². The van der Waals surface area contributed by atoms with Crippen LogP contribution in [0.15, 0.2) is 0 Å². The first-order chi connectivity index (χ1) is 8.33. The van der Waals surface area contributed by atoms with Gasteiger partial charge in [0.15, 0.2) is 0 Å². The smallest absolute Gasteiger partial charge is 0.0588 e. The van der Waals surface area contributed by atoms with Crippen LogP contribution in [0, 0.1) is 11.3 Å². The van der Waals surface area contributed by atoms with Gasteiger partial charge in [0.2, 0.25) is 0 Å². The van der Waals surface area contributed by atoms with Crippen molar-refractivity contribution in [1.82, 2.24) is 0 Å². The highest BCUT2D eigenvalue weighted by molar-refractivity contribution is 4.71. The highest BCUT2D eigenvalue weighted by Gasteiger charge is 2.20. The van der Waals surface area contributed by atoms with Crippen molar-refractivity contribution in [3.8, 4) is 0 Å². The fraction of sp³-hybridized carbons (Fsp3) is 1.00. The van der Waals surface area contributed by atoms with Gasteiger partial charge in [0.05, 0.1) is 6.10 Å². The molecule has 0 aliphatic carbocycles. The Balaban J connectivity index is 0. The summed E-state index contributed by atoms with van der Waals surface area (Å²) in [4.78, 5) is 0. The van der Waals surface area contributed by atoms with Crippen molar-refractivity contribution >= 4 is 0 Å². The van der Waals surface area contributed by atoms with Gasteiger partial charge in [0, 0.05) is 6.61 Å². The summed E-state index contributed by atoms with van der Waals surface area (Å²) >= 11 is 0. The summed E-state index contributed by atoms with van der Waals surface area (Å²) in [6, 6.07) is 0. The van der Waals surface area contributed by atoms with E-state index in [0.717, 1.165) is 19.3 Å². The molecule has 0 saturated heterocycles. The molecular formula is C16H36O2. The van der Waals surface area contributed by atoms with Crippen LogP contribution in [0.2, 0.25) is 0 Å². The van der Waals surface area contributed by atoms with E-state index in [9.17, 15) is 5.11 Å². The van der Waals surface area contributed by atoms with Gasteiger partial charge in [0.25, 0.3) is 0 Å². The molecule has 2 N–H and O–H groups in total. The molecule has 0 radical (unpaired) electrons. The molecule has 2 nitrogen and oxygen atoms in total. The maximum Gasteiger partial charge on any atom is 0.0588 e. The third-order valence-electron chi connectivity index (χ3n) is 3.36. The summed E-state index contributed by atoms with van der Waals surface area (Å²) in [6.45, 7) is 13.0. The molecule has 0 aliphatic heterocycles. The molecule has 0 fully saturated rings. The zero-order chi connectivity index (χ0) is 14.6. The van der Waals surface area contributed by atoms with E-state index in [4.69, 9.17) is 5.11 Å². The minimum absolute atomic E-state index is 0.0655. The summed E-state index contributed by atoms with van der Waals surface area (Å²) in [6.07, 6.45) is 6.68. The van der Waals surface area contributed by atoms with Gasteiger partial charge in [-0.05, 0) is 24.2 Å². The normalized spacial score (nSPS) is 14.7. The Kier molecular flexibility index (Phi) is 13.5. The summed E-state index contributed by atoms with van der Waals surface area (Å²) in [5, 5.41) is 18.1. The number of aliphatic hydroxyl groups is 2. The summed E-state index contributed by atoms with van der Waals surface area (Å²) < 4.78 is 0. The second-order valence-corrected chi connectivity index (χ2v) is 6.27. The third-order valence-corrected chi connectivity index (χ3v) is 3.36. The lowest BCUT2D eigenvalue weighted by Crippen LogP contribution is -2.25. The largest absolute Gasteiger partial charge is 0.396 e. The van der Waals surface area contributed by atoms with Crippen LogP contribution in [0.5, 0.6) is 0 Å². The van der Waals surface area contributed by atoms with Crippen LogP contribution >= 0.6 is 0 Å². The third kappa shape index (κ3) is 12.4. The predicted octanol–water partition coefficient (Wildman–Crippen LogP) is 4.39. The van der Waals surface area contributed by atoms with E-state index in [2.05, 4.69) is 41.5 Å². The lowest BCUT2D eigenvalue weighted by atomic mass is 9.87. The van der Waals surface area contributed by atoms with E-state index >= 15 is 0 Å². The van der Waals surface area contributed by atoms with E-state index in [1.807, 2.05) is 0 Å². The minimum Gasteiger partial charge on any atom is -0.396 e. The van der Waals surface area contributed by atoms with Crippen LogP contribution in [0.4, 0.5) is 0 Å². The molecule has 0 aromatic rings. The van der Waals surface area contributed by atoms with Crippen molar-refractivity contribution in [2.45, 2.75) is 86.2 Å². The molecule has 112 valence electrons. The van der Waals surface area contributed by atoms with Gasteiger partial charge in [-0.3, -0.25) is 0 Å². The lowest BCUT2D eigenvalue weighted by molar-refractivity contribution is 0.0551. The molecule has 0 aromatic carbocycles. The van der Waals surface area contributed by atoms with Crippen molar-refractivity contribution < 1.29 is 10.2 Å². The van der Waals surface area contributed by atoms with Gasteiger partial charge in [-0.15, -0.1) is 0 Å². The standard InChI is InChI=1S/2C8H18O/c1-5-6-7(9)8(2,3)4;1-3-5-6-8(4-2)7-9/h7,9H,5-6H2,1-4H3;8-9H,3-7H2,1-2H3. The van der Waals surface area contributed by atoms with Crippen LogP contribution in [-0.2, 0) is 0 Å². The first-order valence-corrected chi connectivity index (χ1v) is 7.62. The Bertz CT molecular complexity index is 157. The Morgan fingerprint density at radius 2 is 1.50 bits per heavy atom. The van der Waals surface area contributed by atoms with E-state index in [0.29, 0.717) is 12.5 Å². The van der Waals surface area contributed by atoms with Crippen LogP contribution in [0.3, 0.4) is 0 Å². The Morgan fingerprint density at radius 3 is 1.72 bits per heavy atom. The maximum absolute atomic E-state index is 9.39. The number of hydrogen-bond acceptors (Lipinski definition) is 2. The van der Waals surface area contributed by atoms with Gasteiger partial charge in [-0.2, -0.15) is 0 Å². The number of unbranched alkanes of at least 4 members (excludes halogenated alkanes) is 1. The quantitative estimate of drug-likeness (QED) is 0.713. The summed E-state index contributed by atoms with van der Waals surface area (Å²) in [5.41, 5.74) is 0.0655. The van der Waals surface area contributed by atoms with Crippen LogP contribution in [0.1, 0.15) is 80.1 Å². The molecule has 0 spiro atoms. The first-order valence-electron chi connectivity index (χ1n) is 7.62. The highest BCUT2D eigenvalue weighted by Crippen LogP contribution is 2.22. The zero-order valence-electron chi connectivity index (χ0n) is 13.5. The second kappa shape index (κ2) is 12.0. The second-order valence-electron chi connectivity index (χ2n) is 6.27. The topological polar surface area (TPSA) is 40.5 Å². The minimum atomic E-state index is -0.137.